The summed E-state index contributed by atoms with van der Waals surface area (Å²) in [7, 11) is -3.92. The molecule has 0 bridgehead atoms. The number of aromatic nitrogens is 1. The number of halogens is 2. The van der Waals surface area contributed by atoms with E-state index in [1.807, 2.05) is 12.1 Å². The Hall–Kier alpha value is -1.68. The van der Waals surface area contributed by atoms with Crippen molar-refractivity contribution in [3.63, 3.8) is 0 Å². The highest BCUT2D eigenvalue weighted by atomic mass is 79.9. The van der Waals surface area contributed by atoms with E-state index in [4.69, 9.17) is 0 Å². The minimum Gasteiger partial charge on any atom is -0.360 e. The number of hydrogen-bond donors (Lipinski definition) is 3. The molecule has 0 saturated carbocycles. The summed E-state index contributed by atoms with van der Waals surface area (Å²) < 4.78 is 25.7. The van der Waals surface area contributed by atoms with Crippen LogP contribution in [0, 0.1) is 0 Å². The highest BCUT2D eigenvalue weighted by molar-refractivity contribution is 9.11. The van der Waals surface area contributed by atoms with Crippen LogP contribution in [0.2, 0.25) is 0 Å². The van der Waals surface area contributed by atoms with Crippen LogP contribution in [0.25, 0.3) is 10.9 Å². The van der Waals surface area contributed by atoms with Gasteiger partial charge in [-0.05, 0) is 40.2 Å². The summed E-state index contributed by atoms with van der Waals surface area (Å²) in [6, 6.07) is 12.0. The van der Waals surface area contributed by atoms with Crippen LogP contribution in [0.5, 0.6) is 0 Å². The van der Waals surface area contributed by atoms with E-state index in [-0.39, 0.29) is 4.90 Å². The second kappa shape index (κ2) is 6.67. The number of benzene rings is 2. The van der Waals surface area contributed by atoms with E-state index in [2.05, 4.69) is 47.1 Å². The van der Waals surface area contributed by atoms with Crippen molar-refractivity contribution in [2.45, 2.75) is 4.90 Å². The van der Waals surface area contributed by atoms with Crippen molar-refractivity contribution in [3.05, 3.63) is 63.2 Å². The van der Waals surface area contributed by atoms with Gasteiger partial charge in [0.25, 0.3) is 15.9 Å². The minimum atomic E-state index is -3.92. The number of nitrogens with one attached hydrogen (secondary N) is 3. The van der Waals surface area contributed by atoms with Gasteiger partial charge in [-0.1, -0.05) is 34.1 Å². The van der Waals surface area contributed by atoms with Gasteiger partial charge in [-0.25, -0.2) is 8.42 Å². The Morgan fingerprint density at radius 2 is 1.83 bits per heavy atom. The quantitative estimate of drug-likeness (QED) is 0.508. The summed E-state index contributed by atoms with van der Waals surface area (Å²) >= 11 is 6.41. The lowest BCUT2D eigenvalue weighted by molar-refractivity contribution is 0.0947. The van der Waals surface area contributed by atoms with Gasteiger partial charge >= 0.3 is 0 Å². The predicted octanol–water partition coefficient (Wildman–Crippen LogP) is 3.32. The zero-order chi connectivity index (χ0) is 17.3. The number of rotatable bonds is 4. The molecule has 1 amide bonds. The third-order valence-electron chi connectivity index (χ3n) is 3.32. The molecule has 9 heteroatoms. The number of carbonyl (C=O) groups excluding carboxylic acids is 1. The van der Waals surface area contributed by atoms with Crippen LogP contribution < -0.4 is 10.3 Å². The minimum absolute atomic E-state index is 0.0103. The standard InChI is InChI=1S/C15H11Br2N3O3S/c16-9-5-6-12(17)14(7-9)24(22,23)20-19-15(21)11-8-18-13-4-2-1-3-10(11)13/h1-8,18,20H,(H,19,21). The van der Waals surface area contributed by atoms with E-state index in [0.29, 0.717) is 19.9 Å². The Balaban J connectivity index is 1.82. The van der Waals surface area contributed by atoms with Crippen molar-refractivity contribution in [3.8, 4) is 0 Å². The Kier molecular flexibility index (Phi) is 4.77. The lowest BCUT2D eigenvalue weighted by Crippen LogP contribution is -2.41. The first kappa shape index (κ1) is 17.2. The summed E-state index contributed by atoms with van der Waals surface area (Å²) in [5.41, 5.74) is 3.37. The number of para-hydroxylation sites is 1. The fraction of sp³-hybridized carbons (Fsp3) is 0. The molecule has 0 unspecified atom stereocenters. The molecule has 6 nitrogen and oxygen atoms in total. The van der Waals surface area contributed by atoms with Gasteiger partial charge in [0, 0.05) is 26.0 Å². The monoisotopic (exact) mass is 471 g/mol. The van der Waals surface area contributed by atoms with Crippen molar-refractivity contribution >= 4 is 58.7 Å². The van der Waals surface area contributed by atoms with Crippen LogP contribution in [0.4, 0.5) is 0 Å². The zero-order valence-corrected chi connectivity index (χ0v) is 16.0. The lowest BCUT2D eigenvalue weighted by atomic mass is 10.2. The van der Waals surface area contributed by atoms with E-state index >= 15 is 0 Å². The molecule has 1 aromatic heterocycles. The van der Waals surface area contributed by atoms with E-state index in [1.54, 1.807) is 24.3 Å². The number of carbonyl (C=O) groups is 1. The third-order valence-corrected chi connectivity index (χ3v) is 6.05. The highest BCUT2D eigenvalue weighted by Crippen LogP contribution is 2.25. The van der Waals surface area contributed by atoms with Crippen molar-refractivity contribution < 1.29 is 13.2 Å². The average molecular weight is 473 g/mol. The number of amides is 1. The van der Waals surface area contributed by atoms with Crippen molar-refractivity contribution in [2.75, 3.05) is 0 Å². The molecule has 1 heterocycles. The molecule has 0 aliphatic carbocycles. The SMILES string of the molecule is O=C(NNS(=O)(=O)c1cc(Br)ccc1Br)c1c[nH]c2ccccc12. The summed E-state index contributed by atoms with van der Waals surface area (Å²) in [5, 5.41) is 0.706. The van der Waals surface area contributed by atoms with Gasteiger partial charge in [-0.15, -0.1) is 4.83 Å². The molecule has 2 aromatic carbocycles. The first-order valence-electron chi connectivity index (χ1n) is 6.72. The van der Waals surface area contributed by atoms with E-state index < -0.39 is 15.9 Å². The van der Waals surface area contributed by atoms with E-state index in [9.17, 15) is 13.2 Å². The first-order chi connectivity index (χ1) is 11.4. The highest BCUT2D eigenvalue weighted by Gasteiger charge is 2.20. The zero-order valence-electron chi connectivity index (χ0n) is 12.0. The van der Waals surface area contributed by atoms with Crippen LogP contribution >= 0.6 is 31.9 Å². The van der Waals surface area contributed by atoms with Gasteiger partial charge in [0.2, 0.25) is 0 Å². The smallest absolute Gasteiger partial charge is 0.268 e. The van der Waals surface area contributed by atoms with Gasteiger partial charge < -0.3 is 4.98 Å². The van der Waals surface area contributed by atoms with Crippen LogP contribution in [-0.4, -0.2) is 19.3 Å². The van der Waals surface area contributed by atoms with Crippen LogP contribution in [-0.2, 0) is 10.0 Å². The molecule has 0 aliphatic heterocycles. The molecule has 0 aliphatic rings. The van der Waals surface area contributed by atoms with Crippen LogP contribution in [0.15, 0.2) is 62.5 Å². The molecule has 0 saturated heterocycles. The normalized spacial score (nSPS) is 11.6. The Morgan fingerprint density at radius 3 is 2.62 bits per heavy atom. The molecular weight excluding hydrogens is 462 g/mol. The average Bonchev–Trinajstić information content (AvgIpc) is 2.99. The van der Waals surface area contributed by atoms with Crippen LogP contribution in [0.3, 0.4) is 0 Å². The number of hydrazine groups is 1. The largest absolute Gasteiger partial charge is 0.360 e. The molecular formula is C15H11Br2N3O3S. The summed E-state index contributed by atoms with van der Waals surface area (Å²) in [6.45, 7) is 0. The number of H-pyrrole nitrogens is 1. The molecule has 3 N–H and O–H groups in total. The van der Waals surface area contributed by atoms with Crippen molar-refractivity contribution in [1.29, 1.82) is 0 Å². The van der Waals surface area contributed by atoms with E-state index in [0.717, 1.165) is 5.52 Å². The molecule has 124 valence electrons. The second-order valence-corrected chi connectivity index (χ2v) is 8.30. The van der Waals surface area contributed by atoms with Gasteiger partial charge in [0.1, 0.15) is 0 Å². The molecule has 0 fully saturated rings. The summed E-state index contributed by atoms with van der Waals surface area (Å²) in [5.74, 6) is -0.554. The molecule has 0 atom stereocenters. The maximum Gasteiger partial charge on any atom is 0.268 e. The molecule has 3 aromatic rings. The number of sulfonamides is 1. The van der Waals surface area contributed by atoms with E-state index in [1.165, 1.54) is 12.3 Å². The number of fused-ring (bicyclic) bond motifs is 1. The Bertz CT molecular complexity index is 1030. The molecule has 0 radical (unpaired) electrons. The Morgan fingerprint density at radius 1 is 1.08 bits per heavy atom. The number of hydrogen-bond acceptors (Lipinski definition) is 3. The molecule has 24 heavy (non-hydrogen) atoms. The van der Waals surface area contributed by atoms with Gasteiger partial charge in [0.05, 0.1) is 10.5 Å². The van der Waals surface area contributed by atoms with Gasteiger partial charge in [-0.3, -0.25) is 10.2 Å². The molecule has 3 rings (SSSR count). The van der Waals surface area contributed by atoms with Crippen LogP contribution in [0.1, 0.15) is 10.4 Å². The number of aromatic amines is 1. The topological polar surface area (TPSA) is 91.1 Å². The summed E-state index contributed by atoms with van der Waals surface area (Å²) in [6.07, 6.45) is 1.53. The lowest BCUT2D eigenvalue weighted by Gasteiger charge is -2.10. The summed E-state index contributed by atoms with van der Waals surface area (Å²) in [4.78, 5) is 17.3. The van der Waals surface area contributed by atoms with Crippen molar-refractivity contribution in [2.24, 2.45) is 0 Å². The fourth-order valence-electron chi connectivity index (χ4n) is 2.18. The Labute approximate surface area is 154 Å². The third kappa shape index (κ3) is 3.39. The van der Waals surface area contributed by atoms with Crippen molar-refractivity contribution in [1.82, 2.24) is 15.2 Å². The molecule has 0 spiro atoms. The van der Waals surface area contributed by atoms with Gasteiger partial charge in [0.15, 0.2) is 0 Å². The first-order valence-corrected chi connectivity index (χ1v) is 9.79. The maximum absolute atomic E-state index is 12.4. The fourth-order valence-corrected chi connectivity index (χ4v) is 4.52. The maximum atomic E-state index is 12.4. The second-order valence-electron chi connectivity index (χ2n) is 4.88. The predicted molar refractivity (Wildman–Crippen MR) is 97.9 cm³/mol. The van der Waals surface area contributed by atoms with Gasteiger partial charge in [-0.2, -0.15) is 0 Å².